The average molecular weight is 787 g/mol. The molecular formula is C55H38N2SSi. The lowest BCUT2D eigenvalue weighted by Crippen LogP contribution is -2.74. The molecule has 2 nitrogen and oxygen atoms in total. The number of hydrogen-bond donors (Lipinski definition) is 0. The third-order valence-corrected chi connectivity index (χ3v) is 18.4. The number of hydrogen-bond acceptors (Lipinski definition) is 1. The molecule has 59 heavy (non-hydrogen) atoms. The first kappa shape index (κ1) is 34.1. The van der Waals surface area contributed by atoms with E-state index >= 15 is 0 Å². The maximum absolute atomic E-state index is 3.05. The van der Waals surface area contributed by atoms with Gasteiger partial charge in [0.15, 0.2) is 8.07 Å². The van der Waals surface area contributed by atoms with Crippen molar-refractivity contribution in [2.24, 2.45) is 0 Å². The highest BCUT2D eigenvalue weighted by Crippen LogP contribution is 2.44. The quantitative estimate of drug-likeness (QED) is 0.117. The van der Waals surface area contributed by atoms with E-state index in [9.17, 15) is 0 Å². The fourth-order valence-electron chi connectivity index (χ4n) is 10.1. The van der Waals surface area contributed by atoms with Crippen LogP contribution in [0.2, 0.25) is 0 Å². The van der Waals surface area contributed by atoms with E-state index in [1.165, 1.54) is 96.3 Å². The molecular weight excluding hydrogens is 749 g/mol. The van der Waals surface area contributed by atoms with Crippen LogP contribution in [0, 0.1) is 0 Å². The second kappa shape index (κ2) is 13.6. The summed E-state index contributed by atoms with van der Waals surface area (Å²) in [6.07, 6.45) is 10.2. The topological polar surface area (TPSA) is 9.86 Å². The van der Waals surface area contributed by atoms with Gasteiger partial charge in [-0.2, -0.15) is 0 Å². The van der Waals surface area contributed by atoms with Crippen LogP contribution in [0.5, 0.6) is 0 Å². The van der Waals surface area contributed by atoms with Crippen molar-refractivity contribution >= 4 is 106 Å². The van der Waals surface area contributed by atoms with Crippen LogP contribution >= 0.6 is 11.3 Å². The van der Waals surface area contributed by atoms with E-state index in [4.69, 9.17) is 0 Å². The highest BCUT2D eigenvalue weighted by atomic mass is 32.1. The molecule has 11 aromatic rings. The first-order chi connectivity index (χ1) is 29.3. The molecule has 0 fully saturated rings. The lowest BCUT2D eigenvalue weighted by molar-refractivity contribution is 1.18. The van der Waals surface area contributed by atoms with E-state index < -0.39 is 8.07 Å². The van der Waals surface area contributed by atoms with E-state index in [2.05, 4.69) is 228 Å². The third-order valence-electron chi connectivity index (χ3n) is 12.4. The Balaban J connectivity index is 1.20. The number of thiophene rings is 1. The Morgan fingerprint density at radius 3 is 1.68 bits per heavy atom. The molecule has 0 atom stereocenters. The summed E-state index contributed by atoms with van der Waals surface area (Å²) < 4.78 is 6.30. The summed E-state index contributed by atoms with van der Waals surface area (Å²) in [4.78, 5) is 1.34. The minimum atomic E-state index is -3.05. The number of benzene rings is 8. The molecule has 0 saturated carbocycles. The van der Waals surface area contributed by atoms with Gasteiger partial charge in [-0.3, -0.25) is 0 Å². The van der Waals surface area contributed by atoms with Crippen molar-refractivity contribution in [2.45, 2.75) is 6.42 Å². The van der Waals surface area contributed by atoms with E-state index in [1.807, 2.05) is 11.3 Å². The molecule has 12 rings (SSSR count). The Bertz CT molecular complexity index is 3420. The van der Waals surface area contributed by atoms with E-state index in [0.29, 0.717) is 0 Å². The lowest BCUT2D eigenvalue weighted by Gasteiger charge is -2.35. The Morgan fingerprint density at radius 1 is 0.407 bits per heavy atom. The number of fused-ring (bicyclic) bond motifs is 10. The number of allylic oxidation sites excluding steroid dienone is 2. The SMILES string of the molecule is C1=Cc2sc3ccc4c(c5ccccc5n4-c4cccc([Si](c5ccccc5)(c5ccccc5)c5cccc6c5c5ccccc5n6-c5ccccc5)c4)c3c2C=CC1. The van der Waals surface area contributed by atoms with Crippen molar-refractivity contribution in [2.75, 3.05) is 0 Å². The summed E-state index contributed by atoms with van der Waals surface area (Å²) in [7, 11) is -3.05. The molecule has 1 aliphatic rings. The highest BCUT2D eigenvalue weighted by Gasteiger charge is 2.43. The molecule has 3 aromatic heterocycles. The monoisotopic (exact) mass is 786 g/mol. The summed E-state index contributed by atoms with van der Waals surface area (Å²) in [5.41, 5.74) is 8.57. The molecule has 3 heterocycles. The first-order valence-corrected chi connectivity index (χ1v) is 23.2. The molecule has 0 saturated heterocycles. The summed E-state index contributed by atoms with van der Waals surface area (Å²) in [6, 6.07) is 72.8. The summed E-state index contributed by atoms with van der Waals surface area (Å²) in [5, 5.41) is 12.0. The largest absolute Gasteiger partial charge is 0.309 e. The van der Waals surface area contributed by atoms with Crippen LogP contribution in [0.1, 0.15) is 16.9 Å². The molecule has 4 heteroatoms. The zero-order chi connectivity index (χ0) is 38.9. The maximum atomic E-state index is 2.52. The smallest absolute Gasteiger partial charge is 0.180 e. The van der Waals surface area contributed by atoms with Gasteiger partial charge < -0.3 is 9.13 Å². The molecule has 0 radical (unpaired) electrons. The molecule has 278 valence electrons. The van der Waals surface area contributed by atoms with Gasteiger partial charge in [-0.25, -0.2) is 0 Å². The highest BCUT2D eigenvalue weighted by molar-refractivity contribution is 7.21. The van der Waals surface area contributed by atoms with Crippen LogP contribution in [0.25, 0.3) is 77.2 Å². The number of nitrogens with zero attached hydrogens (tertiary/aromatic N) is 2. The summed E-state index contributed by atoms with van der Waals surface area (Å²) in [6.45, 7) is 0. The minimum absolute atomic E-state index is 0.961. The zero-order valence-corrected chi connectivity index (χ0v) is 34.1. The predicted octanol–water partition coefficient (Wildman–Crippen LogP) is 11.9. The Labute approximate surface area is 347 Å². The molecule has 0 aliphatic heterocycles. The van der Waals surface area contributed by atoms with E-state index in [0.717, 1.165) is 6.42 Å². The molecule has 0 unspecified atom stereocenters. The van der Waals surface area contributed by atoms with Gasteiger partial charge in [-0.15, -0.1) is 11.3 Å². The zero-order valence-electron chi connectivity index (χ0n) is 32.3. The van der Waals surface area contributed by atoms with E-state index in [-0.39, 0.29) is 0 Å². The van der Waals surface area contributed by atoms with Crippen LogP contribution in [0.4, 0.5) is 0 Å². The molecule has 8 aromatic carbocycles. The van der Waals surface area contributed by atoms with Crippen LogP contribution in [-0.4, -0.2) is 17.2 Å². The van der Waals surface area contributed by atoms with Crippen molar-refractivity contribution in [3.05, 3.63) is 217 Å². The van der Waals surface area contributed by atoms with Gasteiger partial charge in [-0.1, -0.05) is 158 Å². The maximum Gasteiger partial charge on any atom is 0.180 e. The van der Waals surface area contributed by atoms with Crippen LogP contribution < -0.4 is 20.7 Å². The molecule has 0 bridgehead atoms. The third kappa shape index (κ3) is 5.04. The average Bonchev–Trinajstić information content (AvgIpc) is 3.88. The predicted molar refractivity (Wildman–Crippen MR) is 257 cm³/mol. The van der Waals surface area contributed by atoms with Gasteiger partial charge in [0.1, 0.15) is 0 Å². The Kier molecular flexibility index (Phi) is 7.84. The van der Waals surface area contributed by atoms with Crippen molar-refractivity contribution in [1.29, 1.82) is 0 Å². The van der Waals surface area contributed by atoms with Crippen LogP contribution in [0.15, 0.2) is 206 Å². The molecule has 0 N–H and O–H groups in total. The van der Waals surface area contributed by atoms with Crippen molar-refractivity contribution in [3.8, 4) is 11.4 Å². The van der Waals surface area contributed by atoms with Gasteiger partial charge in [0.05, 0.1) is 22.1 Å². The van der Waals surface area contributed by atoms with Gasteiger partial charge in [-0.05, 0) is 87.8 Å². The standard InChI is InChI=1S/C55H38N2SSi/c1-5-19-38(20-6-1)56-46-30-15-13-27-43(46)53-48(56)32-18-34-52(53)59(40-22-7-2-8-23-40,41-24-9-3-10-25-41)42-26-17-21-39(37-42)57-47-31-16-14-28-44(47)54-49(57)35-36-51-55(54)45-29-11-4-12-33-50(45)58-51/h1-3,5-37H,4H2. The molecule has 1 aliphatic carbocycles. The number of aromatic nitrogens is 2. The number of rotatable bonds is 6. The Morgan fingerprint density at radius 2 is 0.949 bits per heavy atom. The van der Waals surface area contributed by atoms with Gasteiger partial charge in [0, 0.05) is 53.4 Å². The van der Waals surface area contributed by atoms with Crippen molar-refractivity contribution < 1.29 is 0 Å². The van der Waals surface area contributed by atoms with Crippen molar-refractivity contribution in [1.82, 2.24) is 9.13 Å². The first-order valence-electron chi connectivity index (χ1n) is 20.4. The van der Waals surface area contributed by atoms with Gasteiger partial charge >= 0.3 is 0 Å². The number of para-hydroxylation sites is 3. The van der Waals surface area contributed by atoms with Crippen molar-refractivity contribution in [3.63, 3.8) is 0 Å². The fourth-order valence-corrected chi connectivity index (χ4v) is 16.2. The lowest BCUT2D eigenvalue weighted by atomic mass is 10.0. The van der Waals surface area contributed by atoms with E-state index in [1.54, 1.807) is 0 Å². The minimum Gasteiger partial charge on any atom is -0.309 e. The molecule has 0 amide bonds. The molecule has 0 spiro atoms. The van der Waals surface area contributed by atoms with Crippen LogP contribution in [-0.2, 0) is 0 Å². The van der Waals surface area contributed by atoms with Crippen LogP contribution in [0.3, 0.4) is 0 Å². The Hall–Kier alpha value is -6.98. The van der Waals surface area contributed by atoms with Gasteiger partial charge in [0.25, 0.3) is 0 Å². The van der Waals surface area contributed by atoms with Gasteiger partial charge in [0.2, 0.25) is 0 Å². The fraction of sp³-hybridized carbons (Fsp3) is 0.0182. The summed E-state index contributed by atoms with van der Waals surface area (Å²) >= 11 is 1.90. The second-order valence-electron chi connectivity index (χ2n) is 15.5. The second-order valence-corrected chi connectivity index (χ2v) is 20.4. The summed E-state index contributed by atoms with van der Waals surface area (Å²) in [5.74, 6) is 0. The normalized spacial score (nSPS) is 12.9.